The smallest absolute Gasteiger partial charge is 0.233 e. The van der Waals surface area contributed by atoms with Crippen LogP contribution >= 0.6 is 0 Å². The molecule has 1 saturated heterocycles. The molecular formula is C14H17NO4. The van der Waals surface area contributed by atoms with E-state index >= 15 is 0 Å². The van der Waals surface area contributed by atoms with Gasteiger partial charge in [-0.25, -0.2) is 0 Å². The summed E-state index contributed by atoms with van der Waals surface area (Å²) in [5.41, 5.74) is 0.251. The number of methoxy groups -OCH3 is 2. The third kappa shape index (κ3) is 2.54. The normalized spacial score (nSPS) is 22.3. The molecular weight excluding hydrogens is 246 g/mol. The predicted octanol–water partition coefficient (Wildman–Crippen LogP) is 1.30. The van der Waals surface area contributed by atoms with Crippen LogP contribution < -0.4 is 14.8 Å². The summed E-state index contributed by atoms with van der Waals surface area (Å²) in [6, 6.07) is 5.51. The summed E-state index contributed by atoms with van der Waals surface area (Å²) in [4.78, 5) is 23.1. The fourth-order valence-electron chi connectivity index (χ4n) is 2.34. The SMILES string of the molecule is COc1ccc(CC2(C)CC(=O)NC2=O)cc1OC. The van der Waals surface area contributed by atoms with Crippen molar-refractivity contribution in [3.8, 4) is 11.5 Å². The Morgan fingerprint density at radius 2 is 1.89 bits per heavy atom. The zero-order chi connectivity index (χ0) is 14.0. The van der Waals surface area contributed by atoms with Crippen molar-refractivity contribution in [2.45, 2.75) is 19.8 Å². The third-order valence-electron chi connectivity index (χ3n) is 3.39. The van der Waals surface area contributed by atoms with E-state index in [4.69, 9.17) is 9.47 Å². The Hall–Kier alpha value is -2.04. The van der Waals surface area contributed by atoms with Crippen LogP contribution in [-0.4, -0.2) is 26.0 Å². The summed E-state index contributed by atoms with van der Waals surface area (Å²) >= 11 is 0. The van der Waals surface area contributed by atoms with Crippen molar-refractivity contribution in [2.75, 3.05) is 14.2 Å². The molecule has 1 heterocycles. The average molecular weight is 263 g/mol. The molecule has 1 aliphatic heterocycles. The van der Waals surface area contributed by atoms with Crippen molar-refractivity contribution in [2.24, 2.45) is 5.41 Å². The van der Waals surface area contributed by atoms with Crippen molar-refractivity contribution >= 4 is 11.8 Å². The van der Waals surface area contributed by atoms with E-state index in [-0.39, 0.29) is 18.2 Å². The van der Waals surface area contributed by atoms with Gasteiger partial charge in [0.25, 0.3) is 0 Å². The largest absolute Gasteiger partial charge is 0.493 e. The molecule has 0 bridgehead atoms. The van der Waals surface area contributed by atoms with E-state index in [9.17, 15) is 9.59 Å². The number of carbonyl (C=O) groups is 2. The van der Waals surface area contributed by atoms with Crippen LogP contribution in [0.25, 0.3) is 0 Å². The molecule has 5 nitrogen and oxygen atoms in total. The lowest BCUT2D eigenvalue weighted by molar-refractivity contribution is -0.128. The predicted molar refractivity (Wildman–Crippen MR) is 69.1 cm³/mol. The molecule has 2 rings (SSSR count). The number of hydrogen-bond acceptors (Lipinski definition) is 4. The molecule has 0 spiro atoms. The minimum Gasteiger partial charge on any atom is -0.493 e. The highest BCUT2D eigenvalue weighted by Crippen LogP contribution is 2.34. The maximum atomic E-state index is 11.8. The monoisotopic (exact) mass is 263 g/mol. The topological polar surface area (TPSA) is 64.6 Å². The van der Waals surface area contributed by atoms with Gasteiger partial charge in [-0.05, 0) is 31.0 Å². The molecule has 1 aromatic carbocycles. The highest BCUT2D eigenvalue weighted by Gasteiger charge is 2.42. The third-order valence-corrected chi connectivity index (χ3v) is 3.39. The van der Waals surface area contributed by atoms with E-state index in [1.165, 1.54) is 0 Å². The maximum Gasteiger partial charge on any atom is 0.233 e. The zero-order valence-corrected chi connectivity index (χ0v) is 11.3. The summed E-state index contributed by atoms with van der Waals surface area (Å²) < 4.78 is 10.4. The lowest BCUT2D eigenvalue weighted by atomic mass is 9.82. The number of imide groups is 1. The molecule has 5 heteroatoms. The second-order valence-electron chi connectivity index (χ2n) is 4.98. The van der Waals surface area contributed by atoms with Gasteiger partial charge in [0, 0.05) is 6.42 Å². The van der Waals surface area contributed by atoms with Gasteiger partial charge >= 0.3 is 0 Å². The number of carbonyl (C=O) groups excluding carboxylic acids is 2. The Morgan fingerprint density at radius 1 is 1.21 bits per heavy atom. The molecule has 19 heavy (non-hydrogen) atoms. The number of amides is 2. The molecule has 1 aromatic rings. The van der Waals surface area contributed by atoms with E-state index in [1.54, 1.807) is 27.2 Å². The first-order valence-corrected chi connectivity index (χ1v) is 6.04. The molecule has 2 amide bonds. The summed E-state index contributed by atoms with van der Waals surface area (Å²) in [6.07, 6.45) is 0.713. The van der Waals surface area contributed by atoms with E-state index in [2.05, 4.69) is 5.32 Å². The van der Waals surface area contributed by atoms with Gasteiger partial charge in [0.1, 0.15) is 0 Å². The molecule has 1 aliphatic rings. The zero-order valence-electron chi connectivity index (χ0n) is 11.3. The number of ether oxygens (including phenoxy) is 2. The fourth-order valence-corrected chi connectivity index (χ4v) is 2.34. The highest BCUT2D eigenvalue weighted by molar-refractivity contribution is 6.05. The van der Waals surface area contributed by atoms with Crippen LogP contribution in [0, 0.1) is 5.41 Å². The Bertz CT molecular complexity index is 526. The minimum atomic E-state index is -0.684. The molecule has 1 atom stereocenters. The van der Waals surface area contributed by atoms with Gasteiger partial charge in [0.15, 0.2) is 11.5 Å². The van der Waals surface area contributed by atoms with E-state index < -0.39 is 5.41 Å². The standard InChI is InChI=1S/C14H17NO4/c1-14(8-12(16)15-13(14)17)7-9-4-5-10(18-2)11(6-9)19-3/h4-6H,7-8H2,1-3H3,(H,15,16,17). The van der Waals surface area contributed by atoms with Crippen LogP contribution in [0.2, 0.25) is 0 Å². The first-order chi connectivity index (χ1) is 8.98. The molecule has 102 valence electrons. The van der Waals surface area contributed by atoms with Crippen LogP contribution in [0.1, 0.15) is 18.9 Å². The Balaban J connectivity index is 2.24. The molecule has 0 saturated carbocycles. The number of benzene rings is 1. The van der Waals surface area contributed by atoms with Crippen LogP contribution in [-0.2, 0) is 16.0 Å². The van der Waals surface area contributed by atoms with Gasteiger partial charge in [0.05, 0.1) is 19.6 Å². The van der Waals surface area contributed by atoms with Crippen molar-refractivity contribution in [3.05, 3.63) is 23.8 Å². The molecule has 0 aromatic heterocycles. The van der Waals surface area contributed by atoms with E-state index in [0.29, 0.717) is 17.9 Å². The van der Waals surface area contributed by atoms with E-state index in [1.807, 2.05) is 12.1 Å². The maximum absolute atomic E-state index is 11.8. The fraction of sp³-hybridized carbons (Fsp3) is 0.429. The molecule has 1 unspecified atom stereocenters. The van der Waals surface area contributed by atoms with Gasteiger partial charge in [0.2, 0.25) is 11.8 Å². The highest BCUT2D eigenvalue weighted by atomic mass is 16.5. The first kappa shape index (κ1) is 13.4. The van der Waals surface area contributed by atoms with Crippen molar-refractivity contribution in [1.82, 2.24) is 5.32 Å². The van der Waals surface area contributed by atoms with Crippen LogP contribution in [0.4, 0.5) is 0 Å². The summed E-state index contributed by atoms with van der Waals surface area (Å²) in [5.74, 6) is 0.831. The molecule has 1 fully saturated rings. The van der Waals surface area contributed by atoms with Gasteiger partial charge < -0.3 is 9.47 Å². The number of nitrogens with one attached hydrogen (secondary N) is 1. The van der Waals surface area contributed by atoms with E-state index in [0.717, 1.165) is 5.56 Å². The summed E-state index contributed by atoms with van der Waals surface area (Å²) in [7, 11) is 3.14. The second-order valence-corrected chi connectivity index (χ2v) is 4.98. The van der Waals surface area contributed by atoms with Crippen molar-refractivity contribution < 1.29 is 19.1 Å². The molecule has 0 aliphatic carbocycles. The molecule has 0 radical (unpaired) electrons. The van der Waals surface area contributed by atoms with Crippen molar-refractivity contribution in [3.63, 3.8) is 0 Å². The second kappa shape index (κ2) is 4.91. The van der Waals surface area contributed by atoms with Gasteiger partial charge in [-0.2, -0.15) is 0 Å². The van der Waals surface area contributed by atoms with Gasteiger partial charge in [-0.3, -0.25) is 14.9 Å². The average Bonchev–Trinajstić information content (AvgIpc) is 2.62. The first-order valence-electron chi connectivity index (χ1n) is 6.04. The Morgan fingerprint density at radius 3 is 2.42 bits per heavy atom. The Labute approximate surface area is 111 Å². The van der Waals surface area contributed by atoms with Crippen molar-refractivity contribution in [1.29, 1.82) is 0 Å². The summed E-state index contributed by atoms with van der Waals surface area (Å²) in [6.45, 7) is 1.80. The number of rotatable bonds is 4. The van der Waals surface area contributed by atoms with Crippen LogP contribution in [0.5, 0.6) is 11.5 Å². The summed E-state index contributed by atoms with van der Waals surface area (Å²) in [5, 5.41) is 2.34. The molecule has 1 N–H and O–H groups in total. The van der Waals surface area contributed by atoms with Crippen LogP contribution in [0.15, 0.2) is 18.2 Å². The minimum absolute atomic E-state index is 0.215. The lowest BCUT2D eigenvalue weighted by Crippen LogP contribution is -2.30. The lowest BCUT2D eigenvalue weighted by Gasteiger charge is -2.20. The Kier molecular flexibility index (Phi) is 3.46. The quantitative estimate of drug-likeness (QED) is 0.832. The van der Waals surface area contributed by atoms with Gasteiger partial charge in [-0.15, -0.1) is 0 Å². The van der Waals surface area contributed by atoms with Crippen LogP contribution in [0.3, 0.4) is 0 Å². The van der Waals surface area contributed by atoms with Gasteiger partial charge in [-0.1, -0.05) is 6.07 Å². The number of hydrogen-bond donors (Lipinski definition) is 1.